The molecule has 1 N–H and O–H groups in total. The van der Waals surface area contributed by atoms with Gasteiger partial charge in [-0.25, -0.2) is 0 Å². The number of likely N-dealkylation sites (N-methyl/N-ethyl adjacent to an activating group) is 1. The maximum absolute atomic E-state index is 3.60. The fourth-order valence-electron chi connectivity index (χ4n) is 1.97. The topological polar surface area (TPSA) is 15.3 Å². The van der Waals surface area contributed by atoms with Gasteiger partial charge in [-0.3, -0.25) is 4.90 Å². The molecule has 0 aromatic rings. The molecule has 0 bridgehead atoms. The molecule has 0 aromatic carbocycles. The first-order valence-corrected chi connectivity index (χ1v) is 6.32. The van der Waals surface area contributed by atoms with Gasteiger partial charge in [0.2, 0.25) is 0 Å². The van der Waals surface area contributed by atoms with Gasteiger partial charge in [-0.1, -0.05) is 13.8 Å². The van der Waals surface area contributed by atoms with Crippen molar-refractivity contribution >= 4 is 0 Å². The minimum atomic E-state index is 0.226. The highest BCUT2D eigenvalue weighted by molar-refractivity contribution is 4.79. The summed E-state index contributed by atoms with van der Waals surface area (Å²) in [4.78, 5) is 2.57. The van der Waals surface area contributed by atoms with E-state index in [1.54, 1.807) is 0 Å². The lowest BCUT2D eigenvalue weighted by atomic mass is 10.1. The largest absolute Gasteiger partial charge is 0.311 e. The molecule has 0 saturated carbocycles. The summed E-state index contributed by atoms with van der Waals surface area (Å²) in [5, 5.41) is 3.60. The first kappa shape index (κ1) is 14.9. The highest BCUT2D eigenvalue weighted by Gasteiger charge is 2.19. The molecule has 0 rings (SSSR count). The van der Waals surface area contributed by atoms with Crippen LogP contribution >= 0.6 is 0 Å². The van der Waals surface area contributed by atoms with Gasteiger partial charge >= 0.3 is 0 Å². The molecule has 1 unspecified atom stereocenters. The maximum Gasteiger partial charge on any atom is 0.0220 e. The van der Waals surface area contributed by atoms with Crippen molar-refractivity contribution in [1.82, 2.24) is 10.2 Å². The average Bonchev–Trinajstić information content (AvgIpc) is 2.09. The van der Waals surface area contributed by atoms with Crippen LogP contribution in [0.25, 0.3) is 0 Å². The number of hydrogen-bond donors (Lipinski definition) is 1. The van der Waals surface area contributed by atoms with E-state index < -0.39 is 0 Å². The Kier molecular flexibility index (Phi) is 6.46. The van der Waals surface area contributed by atoms with Crippen molar-refractivity contribution in [1.29, 1.82) is 0 Å². The molecule has 0 fully saturated rings. The minimum Gasteiger partial charge on any atom is -0.311 e. The van der Waals surface area contributed by atoms with Crippen LogP contribution in [-0.4, -0.2) is 35.6 Å². The molecule has 2 nitrogen and oxygen atoms in total. The predicted molar refractivity (Wildman–Crippen MR) is 69.4 cm³/mol. The standard InChI is InChI=1S/C13H30N2/c1-8-12(10-14-13(5,6)7)15(9-2)11(3)4/h11-12,14H,8-10H2,1-7H3. The summed E-state index contributed by atoms with van der Waals surface area (Å²) in [6.45, 7) is 18.0. The van der Waals surface area contributed by atoms with Gasteiger partial charge in [0.1, 0.15) is 0 Å². The van der Waals surface area contributed by atoms with Crippen LogP contribution in [0.15, 0.2) is 0 Å². The Balaban J connectivity index is 4.22. The van der Waals surface area contributed by atoms with E-state index in [1.807, 2.05) is 0 Å². The molecular weight excluding hydrogens is 184 g/mol. The molecular formula is C13H30N2. The van der Waals surface area contributed by atoms with Crippen LogP contribution < -0.4 is 5.32 Å². The van der Waals surface area contributed by atoms with Crippen molar-refractivity contribution in [2.75, 3.05) is 13.1 Å². The summed E-state index contributed by atoms with van der Waals surface area (Å²) in [5.74, 6) is 0. The lowest BCUT2D eigenvalue weighted by Crippen LogP contribution is -2.49. The molecule has 0 aliphatic heterocycles. The van der Waals surface area contributed by atoms with Gasteiger partial charge in [0.25, 0.3) is 0 Å². The molecule has 0 aliphatic rings. The number of rotatable bonds is 6. The Labute approximate surface area is 96.4 Å². The Morgan fingerprint density at radius 3 is 1.93 bits per heavy atom. The third-order valence-electron chi connectivity index (χ3n) is 2.84. The Morgan fingerprint density at radius 2 is 1.67 bits per heavy atom. The molecule has 1 atom stereocenters. The van der Waals surface area contributed by atoms with E-state index in [0.717, 1.165) is 13.1 Å². The summed E-state index contributed by atoms with van der Waals surface area (Å²) in [7, 11) is 0. The molecule has 0 aromatic heterocycles. The van der Waals surface area contributed by atoms with Gasteiger partial charge in [-0.15, -0.1) is 0 Å². The van der Waals surface area contributed by atoms with Crippen LogP contribution in [0.1, 0.15) is 54.9 Å². The van der Waals surface area contributed by atoms with Crippen LogP contribution in [0.3, 0.4) is 0 Å². The van der Waals surface area contributed by atoms with Crippen LogP contribution in [0.4, 0.5) is 0 Å². The van der Waals surface area contributed by atoms with Crippen LogP contribution in [0, 0.1) is 0 Å². The lowest BCUT2D eigenvalue weighted by Gasteiger charge is -2.35. The zero-order valence-corrected chi connectivity index (χ0v) is 11.7. The number of hydrogen-bond acceptors (Lipinski definition) is 2. The number of nitrogens with one attached hydrogen (secondary N) is 1. The van der Waals surface area contributed by atoms with Crippen molar-refractivity contribution in [2.24, 2.45) is 0 Å². The van der Waals surface area contributed by atoms with Gasteiger partial charge in [-0.05, 0) is 47.6 Å². The summed E-state index contributed by atoms with van der Waals surface area (Å²) in [6, 6.07) is 1.30. The second-order valence-corrected chi connectivity index (χ2v) is 5.62. The average molecular weight is 214 g/mol. The van der Waals surface area contributed by atoms with Crippen LogP contribution in [-0.2, 0) is 0 Å². The monoisotopic (exact) mass is 214 g/mol. The van der Waals surface area contributed by atoms with Crippen molar-refractivity contribution in [3.63, 3.8) is 0 Å². The van der Waals surface area contributed by atoms with Crippen molar-refractivity contribution < 1.29 is 0 Å². The Bertz CT molecular complexity index is 158. The van der Waals surface area contributed by atoms with E-state index in [2.05, 4.69) is 58.7 Å². The fourth-order valence-corrected chi connectivity index (χ4v) is 1.97. The van der Waals surface area contributed by atoms with E-state index in [9.17, 15) is 0 Å². The zero-order chi connectivity index (χ0) is 12.1. The van der Waals surface area contributed by atoms with Crippen molar-refractivity contribution in [2.45, 2.75) is 72.5 Å². The highest BCUT2D eigenvalue weighted by atomic mass is 15.2. The molecule has 0 amide bonds. The molecule has 0 spiro atoms. The van der Waals surface area contributed by atoms with E-state index in [1.165, 1.54) is 6.42 Å². The first-order chi connectivity index (χ1) is 6.81. The van der Waals surface area contributed by atoms with E-state index in [-0.39, 0.29) is 5.54 Å². The molecule has 15 heavy (non-hydrogen) atoms. The fraction of sp³-hybridized carbons (Fsp3) is 1.00. The van der Waals surface area contributed by atoms with Gasteiger partial charge in [0.15, 0.2) is 0 Å². The summed E-state index contributed by atoms with van der Waals surface area (Å²) in [5.41, 5.74) is 0.226. The predicted octanol–water partition coefficient (Wildman–Crippen LogP) is 2.88. The SMILES string of the molecule is CCC(CNC(C)(C)C)N(CC)C(C)C. The van der Waals surface area contributed by atoms with Crippen molar-refractivity contribution in [3.8, 4) is 0 Å². The molecule has 0 heterocycles. The second kappa shape index (κ2) is 6.49. The third kappa shape index (κ3) is 6.16. The highest BCUT2D eigenvalue weighted by Crippen LogP contribution is 2.09. The summed E-state index contributed by atoms with van der Waals surface area (Å²) in [6.07, 6.45) is 1.22. The van der Waals surface area contributed by atoms with Crippen molar-refractivity contribution in [3.05, 3.63) is 0 Å². The molecule has 0 saturated heterocycles. The smallest absolute Gasteiger partial charge is 0.0220 e. The van der Waals surface area contributed by atoms with E-state index in [4.69, 9.17) is 0 Å². The van der Waals surface area contributed by atoms with Gasteiger partial charge in [0, 0.05) is 24.2 Å². The van der Waals surface area contributed by atoms with Gasteiger partial charge < -0.3 is 5.32 Å². The van der Waals surface area contributed by atoms with Gasteiger partial charge in [0.05, 0.1) is 0 Å². The van der Waals surface area contributed by atoms with Gasteiger partial charge in [-0.2, -0.15) is 0 Å². The Morgan fingerprint density at radius 1 is 1.13 bits per heavy atom. The summed E-state index contributed by atoms with van der Waals surface area (Å²) < 4.78 is 0. The molecule has 0 aliphatic carbocycles. The minimum absolute atomic E-state index is 0.226. The molecule has 2 heteroatoms. The normalized spacial score (nSPS) is 15.0. The molecule has 0 radical (unpaired) electrons. The maximum atomic E-state index is 3.60. The van der Waals surface area contributed by atoms with Crippen LogP contribution in [0.5, 0.6) is 0 Å². The molecule has 92 valence electrons. The lowest BCUT2D eigenvalue weighted by molar-refractivity contribution is 0.147. The van der Waals surface area contributed by atoms with E-state index >= 15 is 0 Å². The van der Waals surface area contributed by atoms with Crippen LogP contribution in [0.2, 0.25) is 0 Å². The third-order valence-corrected chi connectivity index (χ3v) is 2.84. The Hall–Kier alpha value is -0.0800. The quantitative estimate of drug-likeness (QED) is 0.731. The van der Waals surface area contributed by atoms with E-state index in [0.29, 0.717) is 12.1 Å². The summed E-state index contributed by atoms with van der Waals surface area (Å²) >= 11 is 0. The first-order valence-electron chi connectivity index (χ1n) is 6.32. The second-order valence-electron chi connectivity index (χ2n) is 5.62. The number of nitrogens with zero attached hydrogens (tertiary/aromatic N) is 1. The zero-order valence-electron chi connectivity index (χ0n) is 11.7.